The molecule has 9 heteroatoms. The number of rotatable bonds is 3. The fourth-order valence-corrected chi connectivity index (χ4v) is 3.03. The summed E-state index contributed by atoms with van der Waals surface area (Å²) in [6, 6.07) is 6.78. The zero-order chi connectivity index (χ0) is 19.0. The Hall–Kier alpha value is -3.62. The molecule has 0 bridgehead atoms. The molecule has 4 rings (SSSR count). The third kappa shape index (κ3) is 2.92. The molecule has 0 radical (unpaired) electrons. The molecule has 1 aromatic carbocycles. The van der Waals surface area contributed by atoms with Gasteiger partial charge in [-0.3, -0.25) is 9.36 Å². The molecule has 1 aliphatic heterocycles. The van der Waals surface area contributed by atoms with Gasteiger partial charge in [-0.25, -0.2) is 9.97 Å². The summed E-state index contributed by atoms with van der Waals surface area (Å²) in [5.41, 5.74) is 6.88. The average molecular weight is 366 g/mol. The molecule has 1 amide bonds. The van der Waals surface area contributed by atoms with E-state index in [4.69, 9.17) is 15.2 Å². The molecule has 2 aromatic heterocycles. The molecule has 3 heterocycles. The average Bonchev–Trinajstić information content (AvgIpc) is 3.18. The van der Waals surface area contributed by atoms with Crippen molar-refractivity contribution in [3.63, 3.8) is 0 Å². The zero-order valence-corrected chi connectivity index (χ0v) is 14.9. The highest BCUT2D eigenvalue weighted by atomic mass is 16.5. The standard InChI is InChI=1S/C18H18N6O3/c1-26-13-7-11-12(8-14(13)27-2)22-18(24-6-5-20-16(11)24)23-17(25)10-3-4-15(19)21-9-10/h3-4,7-9,20H,5-6H2,1-2H3,(H2,19,21). The summed E-state index contributed by atoms with van der Waals surface area (Å²) >= 11 is 0. The third-order valence-corrected chi connectivity index (χ3v) is 4.35. The van der Waals surface area contributed by atoms with Crippen LogP contribution in [0.1, 0.15) is 10.4 Å². The van der Waals surface area contributed by atoms with Gasteiger partial charge < -0.3 is 20.5 Å². The zero-order valence-electron chi connectivity index (χ0n) is 14.9. The first-order valence-electron chi connectivity index (χ1n) is 8.31. The van der Waals surface area contributed by atoms with Crippen molar-refractivity contribution in [1.82, 2.24) is 14.5 Å². The van der Waals surface area contributed by atoms with E-state index in [9.17, 15) is 4.79 Å². The van der Waals surface area contributed by atoms with Gasteiger partial charge in [-0.05, 0) is 18.2 Å². The lowest BCUT2D eigenvalue weighted by molar-refractivity contribution is 0.0996. The molecule has 0 atom stereocenters. The van der Waals surface area contributed by atoms with Crippen LogP contribution >= 0.6 is 0 Å². The number of anilines is 2. The van der Waals surface area contributed by atoms with Crippen molar-refractivity contribution >= 4 is 28.4 Å². The Morgan fingerprint density at radius 2 is 2.04 bits per heavy atom. The molecule has 3 aromatic rings. The van der Waals surface area contributed by atoms with E-state index < -0.39 is 5.91 Å². The Labute approximate surface area is 154 Å². The predicted molar refractivity (Wildman–Crippen MR) is 99.9 cm³/mol. The second-order valence-corrected chi connectivity index (χ2v) is 5.95. The van der Waals surface area contributed by atoms with E-state index in [1.165, 1.54) is 6.20 Å². The Balaban J connectivity index is 1.90. The number of benzene rings is 1. The van der Waals surface area contributed by atoms with E-state index in [1.54, 1.807) is 32.4 Å². The van der Waals surface area contributed by atoms with Crippen molar-refractivity contribution in [2.24, 2.45) is 4.99 Å². The number of ether oxygens (including phenoxy) is 2. The molecule has 0 saturated heterocycles. The fourth-order valence-electron chi connectivity index (χ4n) is 3.03. The molecular weight excluding hydrogens is 348 g/mol. The molecule has 0 unspecified atom stereocenters. The van der Waals surface area contributed by atoms with Gasteiger partial charge in [0, 0.05) is 30.7 Å². The topological polar surface area (TPSA) is 117 Å². The number of hydrogen-bond donors (Lipinski definition) is 2. The van der Waals surface area contributed by atoms with E-state index >= 15 is 0 Å². The van der Waals surface area contributed by atoms with Crippen LogP contribution in [0.5, 0.6) is 11.5 Å². The van der Waals surface area contributed by atoms with Gasteiger partial charge in [0.25, 0.3) is 5.91 Å². The Kier molecular flexibility index (Phi) is 4.11. The second kappa shape index (κ2) is 6.60. The summed E-state index contributed by atoms with van der Waals surface area (Å²) in [7, 11) is 3.15. The smallest absolute Gasteiger partial charge is 0.281 e. The van der Waals surface area contributed by atoms with Crippen molar-refractivity contribution in [3.8, 4) is 11.5 Å². The van der Waals surface area contributed by atoms with Gasteiger partial charge in [0.05, 0.1) is 25.3 Å². The molecule has 0 saturated carbocycles. The lowest BCUT2D eigenvalue weighted by Gasteiger charge is -2.12. The van der Waals surface area contributed by atoms with Crippen LogP contribution in [-0.2, 0) is 6.54 Å². The number of carbonyl (C=O) groups is 1. The molecule has 0 fully saturated rings. The van der Waals surface area contributed by atoms with Gasteiger partial charge in [-0.2, -0.15) is 4.99 Å². The van der Waals surface area contributed by atoms with E-state index in [0.717, 1.165) is 17.7 Å². The van der Waals surface area contributed by atoms with Crippen LogP contribution < -0.4 is 26.1 Å². The first-order valence-corrected chi connectivity index (χ1v) is 8.31. The van der Waals surface area contributed by atoms with Crippen molar-refractivity contribution in [2.75, 3.05) is 31.8 Å². The number of aromatic nitrogens is 3. The number of nitrogens with one attached hydrogen (secondary N) is 1. The number of fused-ring (bicyclic) bond motifs is 3. The maximum absolute atomic E-state index is 12.5. The summed E-state index contributed by atoms with van der Waals surface area (Å²) < 4.78 is 12.6. The van der Waals surface area contributed by atoms with Gasteiger partial charge in [-0.15, -0.1) is 0 Å². The summed E-state index contributed by atoms with van der Waals surface area (Å²) in [6.45, 7) is 1.37. The minimum absolute atomic E-state index is 0.316. The summed E-state index contributed by atoms with van der Waals surface area (Å²) in [6.07, 6.45) is 1.40. The SMILES string of the molecule is COc1cc2nc(=NC(=O)c3ccc(N)nc3)n3c(c2cc1OC)NCC3. The van der Waals surface area contributed by atoms with Gasteiger partial charge >= 0.3 is 0 Å². The van der Waals surface area contributed by atoms with Gasteiger partial charge in [0.15, 0.2) is 11.5 Å². The number of nitrogen functional groups attached to an aromatic ring is 1. The molecule has 138 valence electrons. The second-order valence-electron chi connectivity index (χ2n) is 5.95. The lowest BCUT2D eigenvalue weighted by Crippen LogP contribution is -2.24. The Morgan fingerprint density at radius 3 is 2.74 bits per heavy atom. The molecule has 0 aliphatic carbocycles. The first kappa shape index (κ1) is 16.8. The maximum atomic E-state index is 12.5. The number of pyridine rings is 1. The highest BCUT2D eigenvalue weighted by Gasteiger charge is 2.18. The molecular formula is C18H18N6O3. The lowest BCUT2D eigenvalue weighted by atomic mass is 10.2. The number of nitrogens with zero attached hydrogens (tertiary/aromatic N) is 4. The van der Waals surface area contributed by atoms with Crippen molar-refractivity contribution in [3.05, 3.63) is 41.6 Å². The van der Waals surface area contributed by atoms with Crippen LogP contribution in [0.15, 0.2) is 35.5 Å². The molecule has 9 nitrogen and oxygen atoms in total. The molecule has 0 spiro atoms. The van der Waals surface area contributed by atoms with E-state index in [2.05, 4.69) is 20.3 Å². The number of amides is 1. The first-order chi connectivity index (χ1) is 13.1. The van der Waals surface area contributed by atoms with Crippen molar-refractivity contribution < 1.29 is 14.3 Å². The summed E-state index contributed by atoms with van der Waals surface area (Å²) in [5.74, 6) is 1.91. The molecule has 27 heavy (non-hydrogen) atoms. The van der Waals surface area contributed by atoms with Crippen LogP contribution in [0.25, 0.3) is 10.9 Å². The maximum Gasteiger partial charge on any atom is 0.281 e. The third-order valence-electron chi connectivity index (χ3n) is 4.35. The summed E-state index contributed by atoms with van der Waals surface area (Å²) in [5, 5.41) is 4.19. The number of nitrogens with two attached hydrogens (primary N) is 1. The van der Waals surface area contributed by atoms with Gasteiger partial charge in [0.2, 0.25) is 5.62 Å². The van der Waals surface area contributed by atoms with Crippen LogP contribution in [0.4, 0.5) is 11.6 Å². The molecule has 1 aliphatic rings. The monoisotopic (exact) mass is 366 g/mol. The van der Waals surface area contributed by atoms with E-state index in [1.807, 2.05) is 10.6 Å². The number of carbonyl (C=O) groups excluding carboxylic acids is 1. The number of hydrogen-bond acceptors (Lipinski definition) is 7. The van der Waals surface area contributed by atoms with Crippen LogP contribution in [0, 0.1) is 0 Å². The van der Waals surface area contributed by atoms with Crippen molar-refractivity contribution in [1.29, 1.82) is 0 Å². The van der Waals surface area contributed by atoms with E-state index in [-0.39, 0.29) is 0 Å². The quantitative estimate of drug-likeness (QED) is 0.715. The fraction of sp³-hybridized carbons (Fsp3) is 0.222. The highest BCUT2D eigenvalue weighted by Crippen LogP contribution is 2.34. The van der Waals surface area contributed by atoms with Crippen LogP contribution in [0.3, 0.4) is 0 Å². The molecule has 3 N–H and O–H groups in total. The Bertz CT molecular complexity index is 1100. The predicted octanol–water partition coefficient (Wildman–Crippen LogP) is 1.20. The normalized spacial score (nSPS) is 13.3. The van der Waals surface area contributed by atoms with Crippen LogP contribution in [0.2, 0.25) is 0 Å². The highest BCUT2D eigenvalue weighted by molar-refractivity contribution is 5.95. The number of methoxy groups -OCH3 is 2. The van der Waals surface area contributed by atoms with Crippen LogP contribution in [-0.4, -0.2) is 41.2 Å². The van der Waals surface area contributed by atoms with Crippen molar-refractivity contribution in [2.45, 2.75) is 6.54 Å². The van der Waals surface area contributed by atoms with E-state index in [0.29, 0.717) is 40.6 Å². The van der Waals surface area contributed by atoms with Gasteiger partial charge in [-0.1, -0.05) is 0 Å². The Morgan fingerprint density at radius 1 is 1.26 bits per heavy atom. The van der Waals surface area contributed by atoms with Gasteiger partial charge in [0.1, 0.15) is 11.6 Å². The summed E-state index contributed by atoms with van der Waals surface area (Å²) in [4.78, 5) is 25.2. The minimum Gasteiger partial charge on any atom is -0.493 e. The largest absolute Gasteiger partial charge is 0.493 e. The minimum atomic E-state index is -0.434.